The fourth-order valence-electron chi connectivity index (χ4n) is 1.19. The molecule has 0 bridgehead atoms. The third kappa shape index (κ3) is 6.39. The molecule has 0 fully saturated rings. The molecule has 1 rings (SSSR count). The van der Waals surface area contributed by atoms with Gasteiger partial charge in [0.25, 0.3) is 0 Å². The topological polar surface area (TPSA) is 29.1 Å². The Kier molecular flexibility index (Phi) is 6.16. The average Bonchev–Trinajstić information content (AvgIpc) is 2.26. The minimum atomic E-state index is 0.0417. The predicted octanol–water partition coefficient (Wildman–Crippen LogP) is 3.27. The number of rotatable bonds is 6. The third-order valence-corrected chi connectivity index (χ3v) is 3.22. The zero-order valence-electron chi connectivity index (χ0n) is 9.83. The first-order chi connectivity index (χ1) is 8.08. The Morgan fingerprint density at radius 3 is 2.94 bits per heavy atom. The smallest absolute Gasteiger partial charge is 0.230 e. The second-order valence-corrected chi connectivity index (χ2v) is 5.28. The van der Waals surface area contributed by atoms with Crippen LogP contribution >= 0.6 is 23.4 Å². The number of nitrogens with one attached hydrogen (secondary N) is 1. The Hall–Kier alpha value is -0.930. The summed E-state index contributed by atoms with van der Waals surface area (Å²) in [5.74, 6) is 1.29. The molecule has 0 aliphatic carbocycles. The van der Waals surface area contributed by atoms with Gasteiger partial charge in [0, 0.05) is 17.3 Å². The monoisotopic (exact) mass is 269 g/mol. The molecule has 0 aliphatic rings. The highest BCUT2D eigenvalue weighted by molar-refractivity contribution is 7.99. The molecule has 0 aromatic heterocycles. The molecule has 17 heavy (non-hydrogen) atoms. The Morgan fingerprint density at radius 1 is 1.53 bits per heavy atom. The van der Waals surface area contributed by atoms with E-state index in [1.165, 1.54) is 0 Å². The molecule has 4 heteroatoms. The van der Waals surface area contributed by atoms with Crippen molar-refractivity contribution in [1.29, 1.82) is 0 Å². The molecule has 0 saturated carbocycles. The van der Waals surface area contributed by atoms with E-state index in [4.69, 9.17) is 11.6 Å². The van der Waals surface area contributed by atoms with Crippen molar-refractivity contribution in [2.75, 3.05) is 12.3 Å². The first kappa shape index (κ1) is 14.1. The zero-order valence-corrected chi connectivity index (χ0v) is 11.4. The number of benzene rings is 1. The van der Waals surface area contributed by atoms with Gasteiger partial charge in [0.05, 0.1) is 5.75 Å². The van der Waals surface area contributed by atoms with Gasteiger partial charge in [-0.05, 0) is 24.6 Å². The molecule has 2 nitrogen and oxygen atoms in total. The highest BCUT2D eigenvalue weighted by Gasteiger charge is 2.01. The van der Waals surface area contributed by atoms with Crippen molar-refractivity contribution >= 4 is 29.3 Å². The lowest BCUT2D eigenvalue weighted by molar-refractivity contribution is -0.118. The summed E-state index contributed by atoms with van der Waals surface area (Å²) in [6.07, 6.45) is 0. The lowest BCUT2D eigenvalue weighted by atomic mass is 10.2. The molecule has 1 amide bonds. The quantitative estimate of drug-likeness (QED) is 0.803. The van der Waals surface area contributed by atoms with E-state index < -0.39 is 0 Å². The Morgan fingerprint density at radius 2 is 2.29 bits per heavy atom. The molecular formula is C13H16ClNOS. The van der Waals surface area contributed by atoms with Crippen LogP contribution in [-0.4, -0.2) is 18.2 Å². The minimum Gasteiger partial charge on any atom is -0.352 e. The van der Waals surface area contributed by atoms with Crippen LogP contribution in [0.4, 0.5) is 0 Å². The number of hydrogen-bond donors (Lipinski definition) is 1. The molecule has 0 aliphatic heterocycles. The maximum atomic E-state index is 11.4. The fraction of sp³-hybridized carbons (Fsp3) is 0.308. The zero-order chi connectivity index (χ0) is 12.7. The van der Waals surface area contributed by atoms with Gasteiger partial charge in [-0.15, -0.1) is 11.8 Å². The molecular weight excluding hydrogens is 254 g/mol. The summed E-state index contributed by atoms with van der Waals surface area (Å²) in [7, 11) is 0. The number of carbonyl (C=O) groups excluding carboxylic acids is 1. The van der Waals surface area contributed by atoms with Gasteiger partial charge in [0.1, 0.15) is 0 Å². The van der Waals surface area contributed by atoms with Crippen LogP contribution in [0.1, 0.15) is 12.5 Å². The van der Waals surface area contributed by atoms with Crippen LogP contribution in [0.25, 0.3) is 0 Å². The van der Waals surface area contributed by atoms with Crippen molar-refractivity contribution in [1.82, 2.24) is 5.32 Å². The number of hydrogen-bond acceptors (Lipinski definition) is 2. The van der Waals surface area contributed by atoms with E-state index in [9.17, 15) is 4.79 Å². The van der Waals surface area contributed by atoms with E-state index in [0.717, 1.165) is 21.9 Å². The van der Waals surface area contributed by atoms with Gasteiger partial charge in [-0.2, -0.15) is 0 Å². The van der Waals surface area contributed by atoms with E-state index in [2.05, 4.69) is 11.9 Å². The molecule has 0 unspecified atom stereocenters. The van der Waals surface area contributed by atoms with Gasteiger partial charge in [0.2, 0.25) is 5.91 Å². The third-order valence-electron chi connectivity index (χ3n) is 1.98. The van der Waals surface area contributed by atoms with Crippen LogP contribution < -0.4 is 5.32 Å². The van der Waals surface area contributed by atoms with E-state index in [-0.39, 0.29) is 5.91 Å². The SMILES string of the molecule is C=C(C)CNC(=O)CSCc1cccc(Cl)c1. The van der Waals surface area contributed by atoms with Crippen LogP contribution in [-0.2, 0) is 10.5 Å². The van der Waals surface area contributed by atoms with Crippen LogP contribution in [0, 0.1) is 0 Å². The highest BCUT2D eigenvalue weighted by atomic mass is 35.5. The van der Waals surface area contributed by atoms with Gasteiger partial charge in [-0.1, -0.05) is 35.9 Å². The van der Waals surface area contributed by atoms with Gasteiger partial charge < -0.3 is 5.32 Å². The first-order valence-electron chi connectivity index (χ1n) is 5.31. The van der Waals surface area contributed by atoms with Gasteiger partial charge in [-0.3, -0.25) is 4.79 Å². The average molecular weight is 270 g/mol. The van der Waals surface area contributed by atoms with E-state index in [0.29, 0.717) is 12.3 Å². The maximum absolute atomic E-state index is 11.4. The summed E-state index contributed by atoms with van der Waals surface area (Å²) in [6.45, 7) is 6.17. The fourth-order valence-corrected chi connectivity index (χ4v) is 2.21. The van der Waals surface area contributed by atoms with Crippen molar-refractivity contribution in [2.24, 2.45) is 0 Å². The number of halogens is 1. The van der Waals surface area contributed by atoms with Crippen LogP contribution in [0.2, 0.25) is 5.02 Å². The summed E-state index contributed by atoms with van der Waals surface area (Å²) in [6, 6.07) is 7.68. The van der Waals surface area contributed by atoms with Crippen molar-refractivity contribution in [2.45, 2.75) is 12.7 Å². The molecule has 1 N–H and O–H groups in total. The molecule has 0 heterocycles. The van der Waals surface area contributed by atoms with Crippen LogP contribution in [0.3, 0.4) is 0 Å². The minimum absolute atomic E-state index is 0.0417. The molecule has 1 aromatic rings. The lowest BCUT2D eigenvalue weighted by Crippen LogP contribution is -2.26. The predicted molar refractivity (Wildman–Crippen MR) is 75.4 cm³/mol. The molecule has 0 spiro atoms. The number of carbonyl (C=O) groups is 1. The lowest BCUT2D eigenvalue weighted by Gasteiger charge is -2.05. The Balaban J connectivity index is 2.23. The van der Waals surface area contributed by atoms with Crippen molar-refractivity contribution in [3.63, 3.8) is 0 Å². The Labute approximate surface area is 111 Å². The second kappa shape index (κ2) is 7.41. The largest absolute Gasteiger partial charge is 0.352 e. The summed E-state index contributed by atoms with van der Waals surface area (Å²) in [5.41, 5.74) is 2.09. The van der Waals surface area contributed by atoms with E-state index >= 15 is 0 Å². The van der Waals surface area contributed by atoms with E-state index in [1.54, 1.807) is 11.8 Å². The second-order valence-electron chi connectivity index (χ2n) is 3.86. The summed E-state index contributed by atoms with van der Waals surface area (Å²) >= 11 is 7.45. The molecule has 1 aromatic carbocycles. The van der Waals surface area contributed by atoms with Crippen molar-refractivity contribution < 1.29 is 4.79 Å². The summed E-state index contributed by atoms with van der Waals surface area (Å²) in [5, 5.41) is 3.53. The summed E-state index contributed by atoms with van der Waals surface area (Å²) in [4.78, 5) is 11.4. The Bertz CT molecular complexity index is 406. The molecule has 0 atom stereocenters. The van der Waals surface area contributed by atoms with Crippen molar-refractivity contribution in [3.8, 4) is 0 Å². The number of amides is 1. The molecule has 92 valence electrons. The highest BCUT2D eigenvalue weighted by Crippen LogP contribution is 2.16. The molecule has 0 saturated heterocycles. The molecule has 0 radical (unpaired) electrons. The van der Waals surface area contributed by atoms with Gasteiger partial charge >= 0.3 is 0 Å². The standard InChI is InChI=1S/C13H16ClNOS/c1-10(2)7-15-13(16)9-17-8-11-4-3-5-12(14)6-11/h3-6H,1,7-9H2,2H3,(H,15,16). The first-order valence-corrected chi connectivity index (χ1v) is 6.84. The summed E-state index contributed by atoms with van der Waals surface area (Å²) < 4.78 is 0. The van der Waals surface area contributed by atoms with Gasteiger partial charge in [-0.25, -0.2) is 0 Å². The van der Waals surface area contributed by atoms with Crippen LogP contribution in [0.5, 0.6) is 0 Å². The maximum Gasteiger partial charge on any atom is 0.230 e. The normalized spacial score (nSPS) is 10.0. The van der Waals surface area contributed by atoms with Crippen molar-refractivity contribution in [3.05, 3.63) is 47.0 Å². The number of thioether (sulfide) groups is 1. The van der Waals surface area contributed by atoms with E-state index in [1.807, 2.05) is 31.2 Å². The van der Waals surface area contributed by atoms with Crippen LogP contribution in [0.15, 0.2) is 36.4 Å². The van der Waals surface area contributed by atoms with Gasteiger partial charge in [0.15, 0.2) is 0 Å².